The molecule has 154 valence electrons. The number of aromatic nitrogens is 1. The lowest BCUT2D eigenvalue weighted by molar-refractivity contribution is 0.417. The van der Waals surface area contributed by atoms with Crippen LogP contribution < -0.4 is 10.1 Å². The second kappa shape index (κ2) is 7.92. The molecule has 1 aliphatic carbocycles. The van der Waals surface area contributed by atoms with Crippen molar-refractivity contribution in [3.8, 4) is 16.3 Å². The van der Waals surface area contributed by atoms with Crippen LogP contribution in [0.3, 0.4) is 0 Å². The van der Waals surface area contributed by atoms with Crippen LogP contribution in [-0.2, 0) is 0 Å². The number of fused-ring (bicyclic) bond motifs is 4. The van der Waals surface area contributed by atoms with Crippen molar-refractivity contribution in [3.05, 3.63) is 74.7 Å². The van der Waals surface area contributed by atoms with Gasteiger partial charge in [-0.1, -0.05) is 59.7 Å². The number of nitrogens with one attached hydrogen (secondary N) is 1. The van der Waals surface area contributed by atoms with Crippen LogP contribution in [0.25, 0.3) is 31.6 Å². The van der Waals surface area contributed by atoms with Crippen molar-refractivity contribution in [2.75, 3.05) is 12.4 Å². The maximum atomic E-state index is 6.30. The number of nitrogens with zero attached hydrogens (tertiary/aromatic N) is 1. The van der Waals surface area contributed by atoms with Crippen LogP contribution in [0.4, 0.5) is 11.4 Å². The standard InChI is InChI=1S/C24H16Cl2N2OS2/c1-12-9-18(19(29-2)11-16(12)26)28-22-23(30)15-6-4-3-5-14(15)21-24(22)31-20-10-13(25)7-8-17(20)27-21/h3-11,28H,1-2H3. The van der Waals surface area contributed by atoms with Gasteiger partial charge in [-0.15, -0.1) is 11.3 Å². The van der Waals surface area contributed by atoms with Gasteiger partial charge in [-0.05, 0) is 36.8 Å². The van der Waals surface area contributed by atoms with Gasteiger partial charge in [-0.25, -0.2) is 4.98 Å². The molecule has 0 amide bonds. The highest BCUT2D eigenvalue weighted by Gasteiger charge is 2.20. The minimum absolute atomic E-state index is 0.646. The summed E-state index contributed by atoms with van der Waals surface area (Å²) in [7, 11) is 1.62. The zero-order valence-corrected chi connectivity index (χ0v) is 19.8. The number of hydrogen-bond donors (Lipinski definition) is 1. The van der Waals surface area contributed by atoms with Gasteiger partial charge in [0.2, 0.25) is 0 Å². The molecule has 0 bridgehead atoms. The number of anilines is 2. The van der Waals surface area contributed by atoms with Crippen molar-refractivity contribution in [3.63, 3.8) is 0 Å². The number of rotatable bonds is 3. The zero-order valence-electron chi connectivity index (χ0n) is 16.6. The molecule has 3 aromatic carbocycles. The quantitative estimate of drug-likeness (QED) is 0.158. The summed E-state index contributed by atoms with van der Waals surface area (Å²) < 4.78 is 7.29. The smallest absolute Gasteiger partial charge is 0.143 e. The molecule has 0 saturated carbocycles. The Balaban J connectivity index is 1.86. The molecule has 2 aliphatic rings. The Hall–Kier alpha value is -2.44. The second-order valence-corrected chi connectivity index (χ2v) is 9.48. The van der Waals surface area contributed by atoms with E-state index in [4.69, 9.17) is 45.1 Å². The van der Waals surface area contributed by atoms with Gasteiger partial charge in [0.1, 0.15) is 5.75 Å². The number of aryl methyl sites for hydroxylation is 1. The first-order valence-electron chi connectivity index (χ1n) is 9.52. The minimum Gasteiger partial charge on any atom is -0.495 e. The molecule has 7 heteroatoms. The average Bonchev–Trinajstić information content (AvgIpc) is 2.77. The highest BCUT2D eigenvalue weighted by Crippen LogP contribution is 2.45. The monoisotopic (exact) mass is 482 g/mol. The lowest BCUT2D eigenvalue weighted by atomic mass is 10.0. The molecule has 0 fully saturated rings. The van der Waals surface area contributed by atoms with Crippen molar-refractivity contribution in [2.45, 2.75) is 6.92 Å². The molecule has 0 radical (unpaired) electrons. The van der Waals surface area contributed by atoms with E-state index in [1.807, 2.05) is 55.5 Å². The van der Waals surface area contributed by atoms with Crippen LogP contribution in [0.2, 0.25) is 10.0 Å². The Bertz CT molecular complexity index is 1510. The highest BCUT2D eigenvalue weighted by molar-refractivity contribution is 7.72. The van der Waals surface area contributed by atoms with Gasteiger partial charge in [0.25, 0.3) is 0 Å². The van der Waals surface area contributed by atoms with Gasteiger partial charge in [-0.2, -0.15) is 0 Å². The fourth-order valence-electron chi connectivity index (χ4n) is 3.65. The van der Waals surface area contributed by atoms with Gasteiger partial charge >= 0.3 is 0 Å². The number of methoxy groups -OCH3 is 1. The fourth-order valence-corrected chi connectivity index (χ4v) is 5.56. The third-order valence-corrected chi connectivity index (χ3v) is 7.42. The molecule has 31 heavy (non-hydrogen) atoms. The summed E-state index contributed by atoms with van der Waals surface area (Å²) >= 11 is 20.1. The molecule has 3 nitrogen and oxygen atoms in total. The van der Waals surface area contributed by atoms with Crippen LogP contribution in [0.1, 0.15) is 5.56 Å². The first kappa shape index (κ1) is 20.5. The lowest BCUT2D eigenvalue weighted by Crippen LogP contribution is -2.00. The predicted octanol–water partition coefficient (Wildman–Crippen LogP) is 8.65. The van der Waals surface area contributed by atoms with E-state index in [0.29, 0.717) is 15.8 Å². The first-order valence-corrected chi connectivity index (χ1v) is 11.5. The van der Waals surface area contributed by atoms with E-state index in [9.17, 15) is 0 Å². The molecule has 0 aromatic heterocycles. The van der Waals surface area contributed by atoms with Crippen LogP contribution in [-0.4, -0.2) is 12.1 Å². The largest absolute Gasteiger partial charge is 0.495 e. The molecule has 5 rings (SSSR count). The van der Waals surface area contributed by atoms with Gasteiger partial charge in [0.15, 0.2) is 0 Å². The number of halogens is 2. The Morgan fingerprint density at radius 3 is 2.58 bits per heavy atom. The third-order valence-electron chi connectivity index (χ3n) is 5.20. The summed E-state index contributed by atoms with van der Waals surface area (Å²) in [4.78, 5) is 5.94. The van der Waals surface area contributed by atoms with E-state index < -0.39 is 0 Å². The van der Waals surface area contributed by atoms with E-state index in [1.54, 1.807) is 18.4 Å². The molecule has 0 atom stereocenters. The van der Waals surface area contributed by atoms with Crippen molar-refractivity contribution >= 4 is 79.1 Å². The molecule has 1 N–H and O–H groups in total. The van der Waals surface area contributed by atoms with Crippen molar-refractivity contribution in [2.24, 2.45) is 0 Å². The van der Waals surface area contributed by atoms with E-state index in [2.05, 4.69) is 11.4 Å². The minimum atomic E-state index is 0.646. The number of benzene rings is 4. The van der Waals surface area contributed by atoms with E-state index >= 15 is 0 Å². The molecule has 0 unspecified atom stereocenters. The second-order valence-electron chi connectivity index (χ2n) is 7.18. The van der Waals surface area contributed by atoms with Gasteiger partial charge in [-0.3, -0.25) is 0 Å². The molecular formula is C24H16Cl2N2OS2. The van der Waals surface area contributed by atoms with Crippen LogP contribution in [0.15, 0.2) is 54.6 Å². The zero-order chi connectivity index (χ0) is 21.7. The summed E-state index contributed by atoms with van der Waals surface area (Å²) in [6, 6.07) is 17.6. The Kier molecular flexibility index (Phi) is 5.22. The van der Waals surface area contributed by atoms with E-state index in [0.717, 1.165) is 53.0 Å². The normalized spacial score (nSPS) is 11.4. The topological polar surface area (TPSA) is 34.1 Å². The molecular weight excluding hydrogens is 467 g/mol. The summed E-state index contributed by atoms with van der Waals surface area (Å²) in [6.45, 7) is 1.96. The highest BCUT2D eigenvalue weighted by atomic mass is 35.5. The first-order chi connectivity index (χ1) is 15.0. The molecule has 1 heterocycles. The predicted molar refractivity (Wildman–Crippen MR) is 136 cm³/mol. The van der Waals surface area contributed by atoms with E-state index in [1.165, 1.54) is 0 Å². The third kappa shape index (κ3) is 3.52. The summed E-state index contributed by atoms with van der Waals surface area (Å²) in [5, 5.41) is 6.85. The van der Waals surface area contributed by atoms with Crippen molar-refractivity contribution in [1.82, 2.24) is 4.98 Å². The fraction of sp³-hybridized carbons (Fsp3) is 0.0833. The maximum absolute atomic E-state index is 6.30. The maximum Gasteiger partial charge on any atom is 0.143 e. The van der Waals surface area contributed by atoms with Crippen LogP contribution in [0.5, 0.6) is 5.75 Å². The van der Waals surface area contributed by atoms with Crippen LogP contribution in [0, 0.1) is 11.4 Å². The Morgan fingerprint density at radius 2 is 1.81 bits per heavy atom. The Morgan fingerprint density at radius 1 is 1.03 bits per heavy atom. The molecule has 0 saturated heterocycles. The summed E-state index contributed by atoms with van der Waals surface area (Å²) in [5.41, 5.74) is 4.36. The molecule has 1 aliphatic heterocycles. The van der Waals surface area contributed by atoms with E-state index in [-0.39, 0.29) is 0 Å². The SMILES string of the molecule is COc1cc(Cl)c(C)cc1Nc1c2sc3cc(Cl)ccc3nc-2c2ccccc2c1=S. The lowest BCUT2D eigenvalue weighted by Gasteiger charge is -2.19. The Labute approximate surface area is 198 Å². The number of hydrogen-bond acceptors (Lipinski definition) is 5. The van der Waals surface area contributed by atoms with Gasteiger partial charge in [0, 0.05) is 26.9 Å². The summed E-state index contributed by atoms with van der Waals surface area (Å²) in [5.74, 6) is 0.646. The van der Waals surface area contributed by atoms with Gasteiger partial charge < -0.3 is 10.1 Å². The molecule has 3 aromatic rings. The molecule has 0 spiro atoms. The van der Waals surface area contributed by atoms with Crippen molar-refractivity contribution < 1.29 is 4.74 Å². The van der Waals surface area contributed by atoms with Gasteiger partial charge in [0.05, 0.1) is 43.8 Å². The number of ether oxygens (including phenoxy) is 1. The van der Waals surface area contributed by atoms with Crippen molar-refractivity contribution in [1.29, 1.82) is 0 Å². The van der Waals surface area contributed by atoms with Crippen LogP contribution >= 0.6 is 46.8 Å². The average molecular weight is 483 g/mol. The summed E-state index contributed by atoms with van der Waals surface area (Å²) in [6.07, 6.45) is 0.